The SMILES string of the molecule is Cc1ccc(/C=C(\F)C(=O)c2cccc(Cl)c2)cc1. The van der Waals surface area contributed by atoms with Gasteiger partial charge in [-0.2, -0.15) is 0 Å². The Morgan fingerprint density at radius 2 is 1.84 bits per heavy atom. The molecule has 1 nitrogen and oxygen atoms in total. The van der Waals surface area contributed by atoms with Crippen LogP contribution in [0.4, 0.5) is 4.39 Å². The molecular formula is C16H12ClFO. The van der Waals surface area contributed by atoms with Gasteiger partial charge in [-0.1, -0.05) is 53.6 Å². The van der Waals surface area contributed by atoms with Crippen molar-refractivity contribution in [2.75, 3.05) is 0 Å². The van der Waals surface area contributed by atoms with E-state index in [9.17, 15) is 9.18 Å². The van der Waals surface area contributed by atoms with Crippen molar-refractivity contribution in [2.24, 2.45) is 0 Å². The van der Waals surface area contributed by atoms with Crippen LogP contribution >= 0.6 is 11.6 Å². The molecule has 0 saturated heterocycles. The standard InChI is InChI=1S/C16H12ClFO/c1-11-5-7-12(8-6-11)9-15(18)16(19)13-3-2-4-14(17)10-13/h2-10H,1H3/b15-9-. The van der Waals surface area contributed by atoms with Crippen LogP contribution < -0.4 is 0 Å². The van der Waals surface area contributed by atoms with Crippen LogP contribution in [0.15, 0.2) is 54.4 Å². The molecular weight excluding hydrogens is 263 g/mol. The van der Waals surface area contributed by atoms with Gasteiger partial charge in [0.2, 0.25) is 5.78 Å². The summed E-state index contributed by atoms with van der Waals surface area (Å²) in [6.45, 7) is 1.95. The molecule has 2 rings (SSSR count). The fourth-order valence-corrected chi connectivity index (χ4v) is 1.83. The molecule has 0 aliphatic rings. The van der Waals surface area contributed by atoms with Crippen LogP contribution in [0.3, 0.4) is 0 Å². The molecule has 0 atom stereocenters. The van der Waals surface area contributed by atoms with Crippen molar-refractivity contribution in [1.29, 1.82) is 0 Å². The number of ketones is 1. The van der Waals surface area contributed by atoms with Crippen LogP contribution in [-0.4, -0.2) is 5.78 Å². The minimum Gasteiger partial charge on any atom is -0.286 e. The second-order valence-corrected chi connectivity index (χ2v) is 4.68. The first-order valence-corrected chi connectivity index (χ1v) is 6.18. The quantitative estimate of drug-likeness (QED) is 0.578. The lowest BCUT2D eigenvalue weighted by atomic mass is 10.1. The lowest BCUT2D eigenvalue weighted by Gasteiger charge is -2.00. The van der Waals surface area contributed by atoms with Gasteiger partial charge < -0.3 is 0 Å². The van der Waals surface area contributed by atoms with E-state index in [1.54, 1.807) is 24.3 Å². The van der Waals surface area contributed by atoms with Crippen molar-refractivity contribution in [2.45, 2.75) is 6.92 Å². The van der Waals surface area contributed by atoms with Crippen molar-refractivity contribution < 1.29 is 9.18 Å². The summed E-state index contributed by atoms with van der Waals surface area (Å²) in [5.41, 5.74) is 1.98. The highest BCUT2D eigenvalue weighted by Gasteiger charge is 2.12. The summed E-state index contributed by atoms with van der Waals surface area (Å²) < 4.78 is 13.9. The number of aryl methyl sites for hydroxylation is 1. The van der Waals surface area contributed by atoms with Crippen LogP contribution in [0.25, 0.3) is 6.08 Å². The van der Waals surface area contributed by atoms with E-state index in [-0.39, 0.29) is 5.56 Å². The third-order valence-corrected chi connectivity index (χ3v) is 2.91. The van der Waals surface area contributed by atoms with E-state index in [0.29, 0.717) is 10.6 Å². The van der Waals surface area contributed by atoms with Crippen LogP contribution in [-0.2, 0) is 0 Å². The van der Waals surface area contributed by atoms with E-state index in [4.69, 9.17) is 11.6 Å². The molecule has 0 aliphatic carbocycles. The Hall–Kier alpha value is -1.93. The minimum atomic E-state index is -0.800. The molecule has 96 valence electrons. The maximum absolute atomic E-state index is 13.9. The number of hydrogen-bond acceptors (Lipinski definition) is 1. The van der Waals surface area contributed by atoms with Crippen LogP contribution in [0.1, 0.15) is 21.5 Å². The Balaban J connectivity index is 2.26. The summed E-state index contributed by atoms with van der Waals surface area (Å²) in [5, 5.41) is 0.411. The Bertz CT molecular complexity index is 629. The van der Waals surface area contributed by atoms with E-state index in [2.05, 4.69) is 0 Å². The first kappa shape index (κ1) is 13.5. The predicted molar refractivity (Wildman–Crippen MR) is 76.0 cm³/mol. The zero-order valence-electron chi connectivity index (χ0n) is 10.4. The fraction of sp³-hybridized carbons (Fsp3) is 0.0625. The first-order chi connectivity index (χ1) is 9.06. The van der Waals surface area contributed by atoms with E-state index in [1.807, 2.05) is 19.1 Å². The Kier molecular flexibility index (Phi) is 4.13. The predicted octanol–water partition coefficient (Wildman–Crippen LogP) is 4.84. The molecule has 2 aromatic carbocycles. The molecule has 19 heavy (non-hydrogen) atoms. The number of rotatable bonds is 3. The molecule has 0 N–H and O–H groups in total. The van der Waals surface area contributed by atoms with Gasteiger partial charge in [-0.3, -0.25) is 4.79 Å². The summed E-state index contributed by atoms with van der Waals surface area (Å²) in [6, 6.07) is 13.5. The van der Waals surface area contributed by atoms with E-state index in [1.165, 1.54) is 18.2 Å². The zero-order chi connectivity index (χ0) is 13.8. The average Bonchev–Trinajstić information content (AvgIpc) is 2.40. The molecule has 0 unspecified atom stereocenters. The molecule has 0 fully saturated rings. The smallest absolute Gasteiger partial charge is 0.221 e. The highest BCUT2D eigenvalue weighted by Crippen LogP contribution is 2.17. The maximum atomic E-state index is 13.9. The van der Waals surface area contributed by atoms with Gasteiger partial charge in [0.05, 0.1) is 0 Å². The molecule has 3 heteroatoms. The van der Waals surface area contributed by atoms with Gasteiger partial charge >= 0.3 is 0 Å². The third kappa shape index (κ3) is 3.52. The molecule has 0 heterocycles. The van der Waals surface area contributed by atoms with Gasteiger partial charge in [-0.25, -0.2) is 4.39 Å². The normalized spacial score (nSPS) is 11.4. The van der Waals surface area contributed by atoms with Crippen LogP contribution in [0.5, 0.6) is 0 Å². The molecule has 0 bridgehead atoms. The highest BCUT2D eigenvalue weighted by atomic mass is 35.5. The largest absolute Gasteiger partial charge is 0.286 e. The van der Waals surface area contributed by atoms with Crippen LogP contribution in [0.2, 0.25) is 5.02 Å². The Labute approximate surface area is 116 Å². The fourth-order valence-electron chi connectivity index (χ4n) is 1.64. The van der Waals surface area contributed by atoms with E-state index in [0.717, 1.165) is 5.56 Å². The van der Waals surface area contributed by atoms with Crippen molar-refractivity contribution >= 4 is 23.5 Å². The topological polar surface area (TPSA) is 17.1 Å². The van der Waals surface area contributed by atoms with Crippen LogP contribution in [0, 0.1) is 6.92 Å². The van der Waals surface area contributed by atoms with Crippen molar-refractivity contribution in [3.05, 3.63) is 76.1 Å². The number of allylic oxidation sites excluding steroid dienone is 1. The van der Waals surface area contributed by atoms with E-state index < -0.39 is 11.6 Å². The summed E-state index contributed by atoms with van der Waals surface area (Å²) in [5.74, 6) is -1.46. The molecule has 0 aromatic heterocycles. The number of carbonyl (C=O) groups excluding carboxylic acids is 1. The molecule has 0 aliphatic heterocycles. The van der Waals surface area contributed by atoms with Crippen molar-refractivity contribution in [3.63, 3.8) is 0 Å². The van der Waals surface area contributed by atoms with Gasteiger partial charge in [-0.05, 0) is 30.7 Å². The molecule has 0 amide bonds. The highest BCUT2D eigenvalue weighted by molar-refractivity contribution is 6.31. The summed E-state index contributed by atoms with van der Waals surface area (Å²) in [6.07, 6.45) is 1.22. The number of carbonyl (C=O) groups is 1. The van der Waals surface area contributed by atoms with Crippen molar-refractivity contribution in [1.82, 2.24) is 0 Å². The molecule has 0 saturated carbocycles. The number of Topliss-reactive ketones (excluding diaryl/α,β-unsaturated/α-hetero) is 1. The number of benzene rings is 2. The monoisotopic (exact) mass is 274 g/mol. The lowest BCUT2D eigenvalue weighted by Crippen LogP contribution is -1.99. The van der Waals surface area contributed by atoms with Gasteiger partial charge in [0, 0.05) is 10.6 Å². The van der Waals surface area contributed by atoms with Gasteiger partial charge in [0.1, 0.15) is 0 Å². The minimum absolute atomic E-state index is 0.244. The lowest BCUT2D eigenvalue weighted by molar-refractivity contribution is 0.101. The van der Waals surface area contributed by atoms with Gasteiger partial charge in [0.25, 0.3) is 0 Å². The maximum Gasteiger partial charge on any atom is 0.221 e. The number of halogens is 2. The van der Waals surface area contributed by atoms with Gasteiger partial charge in [-0.15, -0.1) is 0 Å². The molecule has 2 aromatic rings. The second-order valence-electron chi connectivity index (χ2n) is 4.24. The molecule has 0 spiro atoms. The summed E-state index contributed by atoms with van der Waals surface area (Å²) >= 11 is 5.78. The average molecular weight is 275 g/mol. The Morgan fingerprint density at radius 1 is 1.16 bits per heavy atom. The first-order valence-electron chi connectivity index (χ1n) is 5.80. The second kappa shape index (κ2) is 5.81. The Morgan fingerprint density at radius 3 is 2.47 bits per heavy atom. The zero-order valence-corrected chi connectivity index (χ0v) is 11.1. The number of hydrogen-bond donors (Lipinski definition) is 0. The van der Waals surface area contributed by atoms with Crippen molar-refractivity contribution in [3.8, 4) is 0 Å². The van der Waals surface area contributed by atoms with Gasteiger partial charge in [0.15, 0.2) is 5.83 Å². The molecule has 0 radical (unpaired) electrons. The van der Waals surface area contributed by atoms with E-state index >= 15 is 0 Å². The third-order valence-electron chi connectivity index (χ3n) is 2.67. The summed E-state index contributed by atoms with van der Waals surface area (Å²) in [7, 11) is 0. The summed E-state index contributed by atoms with van der Waals surface area (Å²) in [4.78, 5) is 11.9.